The molecule has 1 saturated heterocycles. The summed E-state index contributed by atoms with van der Waals surface area (Å²) in [5.74, 6) is -0.215. The molecule has 0 spiro atoms. The van der Waals surface area contributed by atoms with Crippen LogP contribution in [0.3, 0.4) is 0 Å². The van der Waals surface area contributed by atoms with Crippen LogP contribution in [0.15, 0.2) is 24.3 Å². The first-order valence-corrected chi connectivity index (χ1v) is 9.17. The van der Waals surface area contributed by atoms with Crippen LogP contribution in [0.5, 0.6) is 0 Å². The summed E-state index contributed by atoms with van der Waals surface area (Å²) in [4.78, 5) is 11.7. The molecule has 0 saturated carbocycles. The van der Waals surface area contributed by atoms with Crippen molar-refractivity contribution in [3.8, 4) is 0 Å². The van der Waals surface area contributed by atoms with Gasteiger partial charge in [0, 0.05) is 18.2 Å². The number of halogens is 1. The minimum absolute atomic E-state index is 0.215. The molecule has 0 aliphatic carbocycles. The molecule has 1 fully saturated rings. The molecule has 1 unspecified atom stereocenters. The van der Waals surface area contributed by atoms with Gasteiger partial charge in [0.05, 0.1) is 13.2 Å². The van der Waals surface area contributed by atoms with Gasteiger partial charge >= 0.3 is 5.97 Å². The summed E-state index contributed by atoms with van der Waals surface area (Å²) >= 11 is 5.87. The highest BCUT2D eigenvalue weighted by Crippen LogP contribution is 2.34. The van der Waals surface area contributed by atoms with Crippen molar-refractivity contribution >= 4 is 17.6 Å². The van der Waals surface area contributed by atoms with Crippen molar-refractivity contribution in [2.24, 2.45) is 0 Å². The van der Waals surface area contributed by atoms with Crippen LogP contribution in [0, 0.1) is 0 Å². The highest BCUT2D eigenvalue weighted by Gasteiger charge is 2.52. The summed E-state index contributed by atoms with van der Waals surface area (Å²) in [6, 6.07) is 8.01. The Kier molecular flexibility index (Phi) is 8.03. The van der Waals surface area contributed by atoms with Crippen LogP contribution in [0.1, 0.15) is 44.6 Å². The highest BCUT2D eigenvalue weighted by molar-refractivity contribution is 6.30. The van der Waals surface area contributed by atoms with Crippen molar-refractivity contribution in [3.63, 3.8) is 0 Å². The maximum absolute atomic E-state index is 11.7. The lowest BCUT2D eigenvalue weighted by Crippen LogP contribution is -2.27. The van der Waals surface area contributed by atoms with Gasteiger partial charge in [-0.3, -0.25) is 0 Å². The van der Waals surface area contributed by atoms with Crippen LogP contribution in [-0.4, -0.2) is 38.0 Å². The number of esters is 1. The number of ether oxygens (including phenoxy) is 3. The van der Waals surface area contributed by atoms with Crippen LogP contribution >= 0.6 is 11.6 Å². The first-order valence-electron chi connectivity index (χ1n) is 8.80. The van der Waals surface area contributed by atoms with E-state index in [0.29, 0.717) is 13.2 Å². The van der Waals surface area contributed by atoms with E-state index in [1.165, 1.54) is 5.56 Å². The number of epoxide rings is 1. The summed E-state index contributed by atoms with van der Waals surface area (Å²) in [7, 11) is 0. The second kappa shape index (κ2) is 10.0. The van der Waals surface area contributed by atoms with E-state index in [2.05, 4.69) is 12.1 Å². The monoisotopic (exact) mass is 354 g/mol. The third-order valence-electron chi connectivity index (χ3n) is 4.18. The van der Waals surface area contributed by atoms with Gasteiger partial charge in [0.2, 0.25) is 0 Å². The van der Waals surface area contributed by atoms with Crippen LogP contribution in [0.25, 0.3) is 0 Å². The largest absolute Gasteiger partial charge is 0.464 e. The van der Waals surface area contributed by atoms with Crippen LogP contribution in [0.2, 0.25) is 5.02 Å². The van der Waals surface area contributed by atoms with E-state index in [9.17, 15) is 4.79 Å². The molecule has 0 N–H and O–H groups in total. The van der Waals surface area contributed by atoms with Crippen molar-refractivity contribution in [1.29, 1.82) is 0 Å². The molecule has 1 heterocycles. The molecule has 0 aromatic heterocycles. The molecule has 1 atom stereocenters. The second-order valence-electron chi connectivity index (χ2n) is 6.16. The van der Waals surface area contributed by atoms with Gasteiger partial charge in [-0.05, 0) is 63.1 Å². The quantitative estimate of drug-likeness (QED) is 0.321. The Morgan fingerprint density at radius 2 is 1.83 bits per heavy atom. The van der Waals surface area contributed by atoms with Crippen molar-refractivity contribution in [3.05, 3.63) is 34.9 Å². The van der Waals surface area contributed by atoms with Crippen molar-refractivity contribution in [1.82, 2.24) is 0 Å². The predicted octanol–water partition coefficient (Wildman–Crippen LogP) is 4.18. The Morgan fingerprint density at radius 3 is 2.46 bits per heavy atom. The van der Waals surface area contributed by atoms with Gasteiger partial charge in [-0.1, -0.05) is 23.7 Å². The van der Waals surface area contributed by atoms with E-state index >= 15 is 0 Å². The molecule has 134 valence electrons. The van der Waals surface area contributed by atoms with E-state index in [1.54, 1.807) is 0 Å². The standard InChI is InChI=1S/C19H27ClO4/c1-2-23-18(21)19(15-24-19)12-4-6-14-22-13-5-3-7-16-8-10-17(20)11-9-16/h8-11H,2-7,12-15H2,1H3. The van der Waals surface area contributed by atoms with E-state index in [4.69, 9.17) is 25.8 Å². The summed E-state index contributed by atoms with van der Waals surface area (Å²) in [5, 5.41) is 0.781. The lowest BCUT2D eigenvalue weighted by atomic mass is 10.0. The summed E-state index contributed by atoms with van der Waals surface area (Å²) in [6.45, 7) is 4.24. The van der Waals surface area contributed by atoms with Gasteiger partial charge in [0.15, 0.2) is 5.60 Å². The molecule has 1 aromatic rings. The van der Waals surface area contributed by atoms with Crippen LogP contribution < -0.4 is 0 Å². The summed E-state index contributed by atoms with van der Waals surface area (Å²) in [6.07, 6.45) is 5.82. The fraction of sp³-hybridized carbons (Fsp3) is 0.632. The molecule has 2 rings (SSSR count). The number of carbonyl (C=O) groups excluding carboxylic acids is 1. The van der Waals surface area contributed by atoms with E-state index < -0.39 is 5.60 Å². The average molecular weight is 355 g/mol. The molecule has 0 amide bonds. The summed E-state index contributed by atoms with van der Waals surface area (Å²) < 4.78 is 16.0. The van der Waals surface area contributed by atoms with Crippen molar-refractivity contribution in [2.45, 2.75) is 51.0 Å². The van der Waals surface area contributed by atoms with Crippen LogP contribution in [-0.2, 0) is 25.4 Å². The molecule has 5 heteroatoms. The Labute approximate surface area is 149 Å². The minimum Gasteiger partial charge on any atom is -0.464 e. The SMILES string of the molecule is CCOC(=O)C1(CCCCOCCCCc2ccc(Cl)cc2)CO1. The first kappa shape index (κ1) is 19.2. The second-order valence-corrected chi connectivity index (χ2v) is 6.59. The van der Waals surface area contributed by atoms with Gasteiger partial charge in [-0.25, -0.2) is 4.79 Å². The molecule has 0 bridgehead atoms. The number of rotatable bonds is 12. The van der Waals surface area contributed by atoms with Crippen molar-refractivity contribution < 1.29 is 19.0 Å². The zero-order valence-corrected chi connectivity index (χ0v) is 15.1. The van der Waals surface area contributed by atoms with E-state index in [-0.39, 0.29) is 5.97 Å². The zero-order valence-electron chi connectivity index (χ0n) is 14.4. The molecule has 0 radical (unpaired) electrons. The topological polar surface area (TPSA) is 48.1 Å². The molecule has 1 aliphatic rings. The van der Waals surface area contributed by atoms with Gasteiger partial charge in [0.1, 0.15) is 0 Å². The Hall–Kier alpha value is -1.10. The van der Waals surface area contributed by atoms with E-state index in [0.717, 1.165) is 56.8 Å². The number of unbranched alkanes of at least 4 members (excludes halogenated alkanes) is 2. The lowest BCUT2D eigenvalue weighted by molar-refractivity contribution is -0.149. The molecular weight excluding hydrogens is 328 g/mol. The average Bonchev–Trinajstić information content (AvgIpc) is 3.36. The lowest BCUT2D eigenvalue weighted by Gasteiger charge is -2.10. The number of aryl methyl sites for hydroxylation is 1. The molecule has 24 heavy (non-hydrogen) atoms. The molecule has 1 aliphatic heterocycles. The normalized spacial score (nSPS) is 19.2. The minimum atomic E-state index is -0.644. The Balaban J connectivity index is 1.43. The van der Waals surface area contributed by atoms with Gasteiger partial charge in [-0.2, -0.15) is 0 Å². The maximum Gasteiger partial charge on any atom is 0.340 e. The van der Waals surface area contributed by atoms with Gasteiger partial charge < -0.3 is 14.2 Å². The zero-order chi connectivity index (χ0) is 17.3. The van der Waals surface area contributed by atoms with Gasteiger partial charge in [-0.15, -0.1) is 0 Å². The van der Waals surface area contributed by atoms with Crippen LogP contribution in [0.4, 0.5) is 0 Å². The van der Waals surface area contributed by atoms with Gasteiger partial charge in [0.25, 0.3) is 0 Å². The number of hydrogen-bond donors (Lipinski definition) is 0. The Bertz CT molecular complexity index is 497. The first-order chi connectivity index (χ1) is 11.7. The maximum atomic E-state index is 11.7. The number of hydrogen-bond acceptors (Lipinski definition) is 4. The highest BCUT2D eigenvalue weighted by atomic mass is 35.5. The van der Waals surface area contributed by atoms with E-state index in [1.807, 2.05) is 19.1 Å². The number of carbonyl (C=O) groups is 1. The molecular formula is C19H27ClO4. The smallest absolute Gasteiger partial charge is 0.340 e. The van der Waals surface area contributed by atoms with Crippen molar-refractivity contribution in [2.75, 3.05) is 26.4 Å². The molecule has 1 aromatic carbocycles. The third kappa shape index (κ3) is 6.42. The molecule has 4 nitrogen and oxygen atoms in total. The fourth-order valence-electron chi connectivity index (χ4n) is 2.62. The predicted molar refractivity (Wildman–Crippen MR) is 94.4 cm³/mol. The summed E-state index contributed by atoms with van der Waals surface area (Å²) in [5.41, 5.74) is 0.669. The fourth-order valence-corrected chi connectivity index (χ4v) is 2.74. The number of benzene rings is 1. The third-order valence-corrected chi connectivity index (χ3v) is 4.43. The Morgan fingerprint density at radius 1 is 1.17 bits per heavy atom.